The fourth-order valence-corrected chi connectivity index (χ4v) is 1.61. The number of hydrogen-bond acceptors (Lipinski definition) is 3. The third-order valence-corrected chi connectivity index (χ3v) is 2.62. The van der Waals surface area contributed by atoms with Gasteiger partial charge in [-0.2, -0.15) is 0 Å². The highest BCUT2D eigenvalue weighted by Gasteiger charge is 2.12. The Bertz CT molecular complexity index is 649. The van der Waals surface area contributed by atoms with Crippen molar-refractivity contribution in [2.24, 2.45) is 5.73 Å². The van der Waals surface area contributed by atoms with Gasteiger partial charge in [0.05, 0.1) is 0 Å². The van der Waals surface area contributed by atoms with Crippen molar-refractivity contribution in [1.29, 1.82) is 5.41 Å². The first-order chi connectivity index (χ1) is 8.99. The lowest BCUT2D eigenvalue weighted by atomic mass is 10.2. The number of nitrogens with two attached hydrogens (primary N) is 1. The van der Waals surface area contributed by atoms with Crippen molar-refractivity contribution in [2.75, 3.05) is 0 Å². The van der Waals surface area contributed by atoms with E-state index in [-0.39, 0.29) is 28.1 Å². The number of nitrogen functional groups attached to an aromatic ring is 1. The predicted molar refractivity (Wildman–Crippen MR) is 66.7 cm³/mol. The largest absolute Gasteiger partial charge is 0.437 e. The van der Waals surface area contributed by atoms with Gasteiger partial charge in [0.2, 0.25) is 5.88 Å². The first-order valence-corrected chi connectivity index (χ1v) is 5.48. The van der Waals surface area contributed by atoms with Crippen molar-refractivity contribution >= 4 is 17.4 Å². The van der Waals surface area contributed by atoms with Crippen LogP contribution in [0.4, 0.5) is 8.78 Å². The number of amidine groups is 1. The summed E-state index contributed by atoms with van der Waals surface area (Å²) in [5, 5.41) is 7.34. The van der Waals surface area contributed by atoms with E-state index in [1.54, 1.807) is 0 Å². The van der Waals surface area contributed by atoms with E-state index in [0.717, 1.165) is 12.1 Å². The van der Waals surface area contributed by atoms with Gasteiger partial charge in [-0.3, -0.25) is 5.41 Å². The molecule has 3 N–H and O–H groups in total. The Labute approximate surface area is 112 Å². The molecule has 1 aromatic carbocycles. The van der Waals surface area contributed by atoms with Crippen molar-refractivity contribution < 1.29 is 13.5 Å². The third-order valence-electron chi connectivity index (χ3n) is 2.25. The summed E-state index contributed by atoms with van der Waals surface area (Å²) < 4.78 is 31.0. The number of pyridine rings is 1. The first kappa shape index (κ1) is 13.2. The van der Waals surface area contributed by atoms with Gasteiger partial charge in [-0.15, -0.1) is 0 Å². The molecule has 98 valence electrons. The van der Waals surface area contributed by atoms with E-state index in [1.807, 2.05) is 0 Å². The minimum atomic E-state index is -1.05. The molecule has 0 bridgehead atoms. The number of nitrogens with zero attached hydrogens (tertiary/aromatic N) is 1. The molecule has 0 radical (unpaired) electrons. The molecule has 0 amide bonds. The van der Waals surface area contributed by atoms with Gasteiger partial charge in [0.1, 0.15) is 16.6 Å². The highest BCUT2D eigenvalue weighted by atomic mass is 35.5. The van der Waals surface area contributed by atoms with Crippen LogP contribution in [0.5, 0.6) is 11.6 Å². The molecule has 19 heavy (non-hydrogen) atoms. The van der Waals surface area contributed by atoms with Gasteiger partial charge in [-0.1, -0.05) is 11.6 Å². The molecule has 0 unspecified atom stereocenters. The standard InChI is InChI=1S/C12H8ClF2N3O/c13-10-7(11(16)17)3-4-18-12(10)19-6-1-2-8(14)9(15)5-6/h1-5H,(H3,16,17). The van der Waals surface area contributed by atoms with Crippen LogP contribution in [0.15, 0.2) is 30.5 Å². The molecular formula is C12H8ClF2N3O. The molecule has 0 aliphatic heterocycles. The van der Waals surface area contributed by atoms with Crippen LogP contribution in [0.2, 0.25) is 5.02 Å². The number of benzene rings is 1. The Balaban J connectivity index is 2.35. The molecule has 2 aromatic rings. The van der Waals surface area contributed by atoms with E-state index in [1.165, 1.54) is 18.3 Å². The minimum absolute atomic E-state index is 0.0275. The third kappa shape index (κ3) is 2.79. The highest BCUT2D eigenvalue weighted by molar-refractivity contribution is 6.35. The molecular weight excluding hydrogens is 276 g/mol. The Morgan fingerprint density at radius 2 is 2.00 bits per heavy atom. The second-order valence-corrected chi connectivity index (χ2v) is 3.95. The monoisotopic (exact) mass is 283 g/mol. The normalized spacial score (nSPS) is 10.3. The maximum absolute atomic E-state index is 13.0. The van der Waals surface area contributed by atoms with Crippen molar-refractivity contribution in [2.45, 2.75) is 0 Å². The second kappa shape index (κ2) is 5.19. The van der Waals surface area contributed by atoms with E-state index in [4.69, 9.17) is 27.5 Å². The summed E-state index contributed by atoms with van der Waals surface area (Å²) in [7, 11) is 0. The van der Waals surface area contributed by atoms with E-state index in [9.17, 15) is 8.78 Å². The number of hydrogen-bond donors (Lipinski definition) is 2. The van der Waals surface area contributed by atoms with E-state index in [0.29, 0.717) is 0 Å². The van der Waals surface area contributed by atoms with Crippen molar-refractivity contribution in [1.82, 2.24) is 4.98 Å². The fourth-order valence-electron chi connectivity index (χ4n) is 1.36. The van der Waals surface area contributed by atoms with Crippen LogP contribution in [0, 0.1) is 17.0 Å². The SMILES string of the molecule is N=C(N)c1ccnc(Oc2ccc(F)c(F)c2)c1Cl. The molecule has 0 aliphatic carbocycles. The summed E-state index contributed by atoms with van der Waals surface area (Å²) >= 11 is 5.95. The number of aromatic nitrogens is 1. The highest BCUT2D eigenvalue weighted by Crippen LogP contribution is 2.30. The van der Waals surface area contributed by atoms with E-state index in [2.05, 4.69) is 4.98 Å². The molecule has 7 heteroatoms. The molecule has 1 aromatic heterocycles. The van der Waals surface area contributed by atoms with Crippen molar-refractivity contribution in [3.8, 4) is 11.6 Å². The molecule has 0 saturated carbocycles. The topological polar surface area (TPSA) is 72.0 Å². The summed E-state index contributed by atoms with van der Waals surface area (Å²) in [6.07, 6.45) is 1.35. The quantitative estimate of drug-likeness (QED) is 0.671. The predicted octanol–water partition coefficient (Wildman–Crippen LogP) is 3.09. The zero-order chi connectivity index (χ0) is 14.0. The lowest BCUT2D eigenvalue weighted by molar-refractivity contribution is 0.448. The van der Waals surface area contributed by atoms with Crippen molar-refractivity contribution in [3.63, 3.8) is 0 Å². The average molecular weight is 284 g/mol. The van der Waals surface area contributed by atoms with E-state index < -0.39 is 11.6 Å². The van der Waals surface area contributed by atoms with Gasteiger partial charge in [-0.05, 0) is 18.2 Å². The molecule has 4 nitrogen and oxygen atoms in total. The lowest BCUT2D eigenvalue weighted by Gasteiger charge is -2.09. The van der Waals surface area contributed by atoms with Gasteiger partial charge in [0, 0.05) is 17.8 Å². The molecule has 0 spiro atoms. The zero-order valence-corrected chi connectivity index (χ0v) is 10.2. The summed E-state index contributed by atoms with van der Waals surface area (Å²) in [5.74, 6) is -2.28. The maximum atomic E-state index is 13.0. The Morgan fingerprint density at radius 3 is 2.63 bits per heavy atom. The summed E-state index contributed by atoms with van der Waals surface area (Å²) in [6.45, 7) is 0. The van der Waals surface area contributed by atoms with Gasteiger partial charge >= 0.3 is 0 Å². The zero-order valence-electron chi connectivity index (χ0n) is 9.45. The van der Waals surface area contributed by atoms with Crippen LogP contribution in [0.1, 0.15) is 5.56 Å². The molecule has 0 aliphatic rings. The molecule has 0 fully saturated rings. The fraction of sp³-hybridized carbons (Fsp3) is 0. The smallest absolute Gasteiger partial charge is 0.238 e. The average Bonchev–Trinajstić information content (AvgIpc) is 2.36. The molecule has 1 heterocycles. The van der Waals surface area contributed by atoms with Crippen molar-refractivity contribution in [3.05, 3.63) is 52.7 Å². The number of halogens is 3. The van der Waals surface area contributed by atoms with Gasteiger partial charge in [-0.25, -0.2) is 13.8 Å². The maximum Gasteiger partial charge on any atom is 0.238 e. The van der Waals surface area contributed by atoms with Gasteiger partial charge in [0.25, 0.3) is 0 Å². The van der Waals surface area contributed by atoms with Crippen LogP contribution in [-0.2, 0) is 0 Å². The first-order valence-electron chi connectivity index (χ1n) is 5.11. The summed E-state index contributed by atoms with van der Waals surface area (Å²) in [4.78, 5) is 3.85. The minimum Gasteiger partial charge on any atom is -0.437 e. The Hall–Kier alpha value is -2.21. The van der Waals surface area contributed by atoms with Crippen LogP contribution in [-0.4, -0.2) is 10.8 Å². The molecule has 2 rings (SSSR count). The Kier molecular flexibility index (Phi) is 3.62. The Morgan fingerprint density at radius 1 is 1.26 bits per heavy atom. The molecule has 0 saturated heterocycles. The number of rotatable bonds is 3. The second-order valence-electron chi connectivity index (χ2n) is 3.57. The van der Waals surface area contributed by atoms with E-state index >= 15 is 0 Å². The van der Waals surface area contributed by atoms with Crippen LogP contribution < -0.4 is 10.5 Å². The molecule has 0 atom stereocenters. The summed E-state index contributed by atoms with van der Waals surface area (Å²) in [6, 6.07) is 4.47. The summed E-state index contributed by atoms with van der Waals surface area (Å²) in [5.41, 5.74) is 5.57. The van der Waals surface area contributed by atoms with Crippen LogP contribution in [0.25, 0.3) is 0 Å². The van der Waals surface area contributed by atoms with Gasteiger partial charge in [0.15, 0.2) is 11.6 Å². The number of ether oxygens (including phenoxy) is 1. The van der Waals surface area contributed by atoms with Crippen LogP contribution >= 0.6 is 11.6 Å². The van der Waals surface area contributed by atoms with Crippen LogP contribution in [0.3, 0.4) is 0 Å². The lowest BCUT2D eigenvalue weighted by Crippen LogP contribution is -2.12. The number of nitrogens with one attached hydrogen (secondary N) is 1. The van der Waals surface area contributed by atoms with Gasteiger partial charge < -0.3 is 10.5 Å².